The van der Waals surface area contributed by atoms with Crippen LogP contribution >= 0.6 is 0 Å². The molecule has 8 heteroatoms. The van der Waals surface area contributed by atoms with Gasteiger partial charge in [-0.15, -0.1) is 0 Å². The predicted molar refractivity (Wildman–Crippen MR) is 85.0 cm³/mol. The van der Waals surface area contributed by atoms with E-state index >= 15 is 0 Å². The van der Waals surface area contributed by atoms with Gasteiger partial charge in [-0.3, -0.25) is 14.9 Å². The molecule has 3 N–H and O–H groups in total. The minimum Gasteiger partial charge on any atom is -0.493 e. The summed E-state index contributed by atoms with van der Waals surface area (Å²) < 4.78 is 10.3. The normalized spacial score (nSPS) is 10.0. The molecular formula is C15H15N3O5. The molecule has 2 rings (SSSR count). The molecule has 2 aromatic rings. The molecule has 0 unspecified atom stereocenters. The number of benzene rings is 2. The van der Waals surface area contributed by atoms with Crippen LogP contribution in [0.3, 0.4) is 0 Å². The summed E-state index contributed by atoms with van der Waals surface area (Å²) in [6.45, 7) is 0. The molecule has 0 spiro atoms. The SMILES string of the molecule is COc1ccc(NC(=O)c2ccc(N)c([N+](=O)[O-])c2)cc1OC. The fourth-order valence-electron chi connectivity index (χ4n) is 1.96. The van der Waals surface area contributed by atoms with Crippen LogP contribution in [0, 0.1) is 10.1 Å². The molecule has 8 nitrogen and oxygen atoms in total. The van der Waals surface area contributed by atoms with E-state index in [0.717, 1.165) is 6.07 Å². The zero-order chi connectivity index (χ0) is 17.0. The van der Waals surface area contributed by atoms with E-state index in [1.165, 1.54) is 26.4 Å². The fraction of sp³-hybridized carbons (Fsp3) is 0.133. The van der Waals surface area contributed by atoms with Gasteiger partial charge in [0.05, 0.1) is 19.1 Å². The van der Waals surface area contributed by atoms with E-state index in [1.807, 2.05) is 0 Å². The van der Waals surface area contributed by atoms with Gasteiger partial charge in [0.25, 0.3) is 11.6 Å². The molecule has 0 aliphatic rings. The first-order valence-electron chi connectivity index (χ1n) is 6.53. The zero-order valence-corrected chi connectivity index (χ0v) is 12.5. The van der Waals surface area contributed by atoms with E-state index in [1.54, 1.807) is 18.2 Å². The highest BCUT2D eigenvalue weighted by Crippen LogP contribution is 2.30. The first-order chi connectivity index (χ1) is 11.0. The number of nitrogens with zero attached hydrogens (tertiary/aromatic N) is 1. The maximum Gasteiger partial charge on any atom is 0.292 e. The first-order valence-corrected chi connectivity index (χ1v) is 6.53. The van der Waals surface area contributed by atoms with Gasteiger partial charge >= 0.3 is 0 Å². The monoisotopic (exact) mass is 317 g/mol. The lowest BCUT2D eigenvalue weighted by Crippen LogP contribution is -2.12. The fourth-order valence-corrected chi connectivity index (χ4v) is 1.96. The number of hydrogen-bond acceptors (Lipinski definition) is 6. The number of hydrogen-bond donors (Lipinski definition) is 2. The molecular weight excluding hydrogens is 302 g/mol. The largest absolute Gasteiger partial charge is 0.493 e. The second-order valence-corrected chi connectivity index (χ2v) is 4.55. The van der Waals surface area contributed by atoms with Gasteiger partial charge in [-0.25, -0.2) is 0 Å². The van der Waals surface area contributed by atoms with E-state index in [4.69, 9.17) is 15.2 Å². The Hall–Kier alpha value is -3.29. The van der Waals surface area contributed by atoms with Crippen LogP contribution in [-0.2, 0) is 0 Å². The summed E-state index contributed by atoms with van der Waals surface area (Å²) in [5.41, 5.74) is 5.78. The second-order valence-electron chi connectivity index (χ2n) is 4.55. The highest BCUT2D eigenvalue weighted by molar-refractivity contribution is 6.05. The summed E-state index contributed by atoms with van der Waals surface area (Å²) in [5, 5.41) is 13.5. The van der Waals surface area contributed by atoms with E-state index in [0.29, 0.717) is 17.2 Å². The minimum atomic E-state index is -0.636. The van der Waals surface area contributed by atoms with Gasteiger partial charge in [-0.2, -0.15) is 0 Å². The minimum absolute atomic E-state index is 0.00216. The van der Waals surface area contributed by atoms with Gasteiger partial charge < -0.3 is 20.5 Å². The van der Waals surface area contributed by atoms with Gasteiger partial charge in [-0.05, 0) is 24.3 Å². The molecule has 0 aromatic heterocycles. The van der Waals surface area contributed by atoms with E-state index in [9.17, 15) is 14.9 Å². The molecule has 0 fully saturated rings. The van der Waals surface area contributed by atoms with E-state index in [2.05, 4.69) is 5.32 Å². The molecule has 0 saturated carbocycles. The maximum absolute atomic E-state index is 12.2. The number of anilines is 2. The van der Waals surface area contributed by atoms with Crippen LogP contribution in [0.5, 0.6) is 11.5 Å². The molecule has 2 aromatic carbocycles. The Labute approximate surface area is 132 Å². The highest BCUT2D eigenvalue weighted by atomic mass is 16.6. The van der Waals surface area contributed by atoms with Gasteiger partial charge in [0.15, 0.2) is 11.5 Å². The molecule has 0 aliphatic heterocycles. The molecule has 0 saturated heterocycles. The average Bonchev–Trinajstić information content (AvgIpc) is 2.54. The van der Waals surface area contributed by atoms with Crippen LogP contribution < -0.4 is 20.5 Å². The van der Waals surface area contributed by atoms with Crippen molar-refractivity contribution in [3.8, 4) is 11.5 Å². The van der Waals surface area contributed by atoms with Crippen molar-refractivity contribution >= 4 is 23.0 Å². The van der Waals surface area contributed by atoms with Crippen molar-refractivity contribution in [3.63, 3.8) is 0 Å². The number of nitro groups is 1. The van der Waals surface area contributed by atoms with Crippen molar-refractivity contribution in [1.82, 2.24) is 0 Å². The number of nitrogen functional groups attached to an aromatic ring is 1. The lowest BCUT2D eigenvalue weighted by atomic mass is 10.1. The molecule has 1 amide bonds. The summed E-state index contributed by atoms with van der Waals surface area (Å²) in [4.78, 5) is 22.4. The van der Waals surface area contributed by atoms with Crippen molar-refractivity contribution in [3.05, 3.63) is 52.1 Å². The lowest BCUT2D eigenvalue weighted by molar-refractivity contribution is -0.383. The van der Waals surface area contributed by atoms with Crippen molar-refractivity contribution in [2.24, 2.45) is 0 Å². The number of nitro benzene ring substituents is 1. The number of rotatable bonds is 5. The Bertz CT molecular complexity index is 761. The third kappa shape index (κ3) is 3.49. The predicted octanol–water partition coefficient (Wildman–Crippen LogP) is 2.45. The number of carbonyl (C=O) groups is 1. The van der Waals surface area contributed by atoms with Crippen LogP contribution in [0.15, 0.2) is 36.4 Å². The Kier molecular flexibility index (Phi) is 4.65. The van der Waals surface area contributed by atoms with Crippen molar-refractivity contribution < 1.29 is 19.2 Å². The van der Waals surface area contributed by atoms with Crippen LogP contribution in [0.1, 0.15) is 10.4 Å². The second kappa shape index (κ2) is 6.65. The van der Waals surface area contributed by atoms with Crippen LogP contribution in [0.4, 0.5) is 17.1 Å². The molecule has 120 valence electrons. The van der Waals surface area contributed by atoms with Gasteiger partial charge in [-0.1, -0.05) is 0 Å². The third-order valence-electron chi connectivity index (χ3n) is 3.13. The van der Waals surface area contributed by atoms with Gasteiger partial charge in [0.2, 0.25) is 0 Å². The van der Waals surface area contributed by atoms with Crippen LogP contribution in [0.2, 0.25) is 0 Å². The first kappa shape index (κ1) is 16.1. The Morgan fingerprint density at radius 1 is 1.13 bits per heavy atom. The van der Waals surface area contributed by atoms with E-state index < -0.39 is 10.8 Å². The number of ether oxygens (including phenoxy) is 2. The Morgan fingerprint density at radius 3 is 2.43 bits per heavy atom. The molecule has 0 atom stereocenters. The lowest BCUT2D eigenvalue weighted by Gasteiger charge is -2.10. The highest BCUT2D eigenvalue weighted by Gasteiger charge is 2.16. The number of nitrogens with two attached hydrogens (primary N) is 1. The Balaban J connectivity index is 2.25. The van der Waals surface area contributed by atoms with E-state index in [-0.39, 0.29) is 16.9 Å². The topological polar surface area (TPSA) is 117 Å². The standard InChI is InChI=1S/C15H15N3O5/c1-22-13-6-4-10(8-14(13)23-2)17-15(19)9-3-5-11(16)12(7-9)18(20)21/h3-8H,16H2,1-2H3,(H,17,19). The summed E-state index contributed by atoms with van der Waals surface area (Å²) >= 11 is 0. The molecule has 0 radical (unpaired) electrons. The summed E-state index contributed by atoms with van der Waals surface area (Å²) in [6.07, 6.45) is 0. The van der Waals surface area contributed by atoms with Crippen molar-refractivity contribution in [2.75, 3.05) is 25.3 Å². The summed E-state index contributed by atoms with van der Waals surface area (Å²) in [7, 11) is 2.98. The molecule has 0 bridgehead atoms. The third-order valence-corrected chi connectivity index (χ3v) is 3.13. The van der Waals surface area contributed by atoms with Gasteiger partial charge in [0, 0.05) is 23.4 Å². The smallest absolute Gasteiger partial charge is 0.292 e. The number of amides is 1. The maximum atomic E-state index is 12.2. The number of carbonyl (C=O) groups excluding carboxylic acids is 1. The quantitative estimate of drug-likeness (QED) is 0.497. The molecule has 0 aliphatic carbocycles. The number of methoxy groups -OCH3 is 2. The van der Waals surface area contributed by atoms with Crippen LogP contribution in [-0.4, -0.2) is 25.1 Å². The molecule has 23 heavy (non-hydrogen) atoms. The number of nitrogens with one attached hydrogen (secondary N) is 1. The van der Waals surface area contributed by atoms with Gasteiger partial charge in [0.1, 0.15) is 5.69 Å². The van der Waals surface area contributed by atoms with Crippen molar-refractivity contribution in [1.29, 1.82) is 0 Å². The Morgan fingerprint density at radius 2 is 1.83 bits per heavy atom. The van der Waals surface area contributed by atoms with Crippen molar-refractivity contribution in [2.45, 2.75) is 0 Å². The van der Waals surface area contributed by atoms with Crippen LogP contribution in [0.25, 0.3) is 0 Å². The summed E-state index contributed by atoms with van der Waals surface area (Å²) in [5.74, 6) is 0.475. The molecule has 0 heterocycles. The zero-order valence-electron chi connectivity index (χ0n) is 12.5. The summed E-state index contributed by atoms with van der Waals surface area (Å²) in [6, 6.07) is 8.72. The average molecular weight is 317 g/mol.